The summed E-state index contributed by atoms with van der Waals surface area (Å²) >= 11 is 0. The van der Waals surface area contributed by atoms with Crippen LogP contribution in [0.25, 0.3) is 11.0 Å². The van der Waals surface area contributed by atoms with Crippen molar-refractivity contribution in [3.63, 3.8) is 0 Å². The third kappa shape index (κ3) is 3.60. The van der Waals surface area contributed by atoms with Crippen LogP contribution in [0.4, 0.5) is 4.39 Å². The second kappa shape index (κ2) is 6.79. The number of nitrogens with zero attached hydrogens (tertiary/aromatic N) is 4. The van der Waals surface area contributed by atoms with Gasteiger partial charge in [-0.2, -0.15) is 5.10 Å². The van der Waals surface area contributed by atoms with Crippen LogP contribution in [0.1, 0.15) is 5.82 Å². The van der Waals surface area contributed by atoms with Crippen molar-refractivity contribution < 1.29 is 9.13 Å². The van der Waals surface area contributed by atoms with E-state index in [4.69, 9.17) is 4.74 Å². The summed E-state index contributed by atoms with van der Waals surface area (Å²) < 4.78 is 20.2. The Balaban J connectivity index is 1.59. The second-order valence-corrected chi connectivity index (χ2v) is 5.56. The highest BCUT2D eigenvalue weighted by atomic mass is 19.1. The second-order valence-electron chi connectivity index (χ2n) is 5.56. The van der Waals surface area contributed by atoms with E-state index in [0.717, 1.165) is 0 Å². The van der Waals surface area contributed by atoms with Crippen LogP contribution in [0.15, 0.2) is 35.3 Å². The molecule has 0 spiro atoms. The Kier molecular flexibility index (Phi) is 4.57. The van der Waals surface area contributed by atoms with Crippen molar-refractivity contribution in [2.75, 3.05) is 20.2 Å². The molecule has 1 N–H and O–H groups in total. The number of fused-ring (bicyclic) bond motifs is 1. The monoisotopic (exact) mass is 331 g/mol. The Morgan fingerprint density at radius 1 is 1.42 bits per heavy atom. The molecular weight excluding hydrogens is 313 g/mol. The number of aromatic amines is 1. The van der Waals surface area contributed by atoms with Crippen molar-refractivity contribution in [2.45, 2.75) is 6.54 Å². The van der Waals surface area contributed by atoms with Crippen LogP contribution in [-0.4, -0.2) is 44.8 Å². The smallest absolute Gasteiger partial charge is 0.262 e. The number of aromatic nitrogens is 4. The SMILES string of the molecule is CN(CCOc1cccc(F)c1)Cc1nc2c(cnn2C)c(=O)[nH]1. The molecule has 0 saturated heterocycles. The Hall–Kier alpha value is -2.74. The van der Waals surface area contributed by atoms with Gasteiger partial charge in [0.05, 0.1) is 12.7 Å². The van der Waals surface area contributed by atoms with E-state index in [2.05, 4.69) is 15.1 Å². The summed E-state index contributed by atoms with van der Waals surface area (Å²) in [5, 5.41) is 4.51. The highest BCUT2D eigenvalue weighted by Gasteiger charge is 2.09. The molecule has 7 nitrogen and oxygen atoms in total. The summed E-state index contributed by atoms with van der Waals surface area (Å²) in [4.78, 5) is 21.1. The summed E-state index contributed by atoms with van der Waals surface area (Å²) in [7, 11) is 3.64. The standard InChI is InChI=1S/C16H18FN5O2/c1-21(6-7-24-12-5-3-4-11(17)8-12)10-14-19-15-13(16(23)20-14)9-18-22(15)2/h3-5,8-9H,6-7,10H2,1-2H3,(H,19,20,23). The first-order chi connectivity index (χ1) is 11.5. The lowest BCUT2D eigenvalue weighted by molar-refractivity contribution is 0.229. The molecule has 0 bridgehead atoms. The number of hydrogen-bond acceptors (Lipinski definition) is 5. The molecule has 8 heteroatoms. The quantitative estimate of drug-likeness (QED) is 0.737. The summed E-state index contributed by atoms with van der Waals surface area (Å²) in [5.74, 6) is 0.725. The maximum atomic E-state index is 13.1. The van der Waals surface area contributed by atoms with E-state index in [-0.39, 0.29) is 11.4 Å². The minimum Gasteiger partial charge on any atom is -0.492 e. The molecule has 24 heavy (non-hydrogen) atoms. The number of likely N-dealkylation sites (N-methyl/N-ethyl adjacent to an activating group) is 1. The van der Waals surface area contributed by atoms with Gasteiger partial charge in [-0.1, -0.05) is 6.07 Å². The molecule has 0 aliphatic heterocycles. The number of halogens is 1. The molecule has 126 valence electrons. The largest absolute Gasteiger partial charge is 0.492 e. The highest BCUT2D eigenvalue weighted by molar-refractivity contribution is 5.72. The summed E-state index contributed by atoms with van der Waals surface area (Å²) in [6.07, 6.45) is 1.50. The van der Waals surface area contributed by atoms with Gasteiger partial charge in [-0.15, -0.1) is 0 Å². The number of H-pyrrole nitrogens is 1. The van der Waals surface area contributed by atoms with E-state index in [1.54, 1.807) is 23.9 Å². The minimum absolute atomic E-state index is 0.201. The van der Waals surface area contributed by atoms with E-state index >= 15 is 0 Å². The summed E-state index contributed by atoms with van der Waals surface area (Å²) in [6, 6.07) is 6.02. The van der Waals surface area contributed by atoms with E-state index in [1.807, 2.05) is 11.9 Å². The van der Waals surface area contributed by atoms with Crippen LogP contribution in [0.2, 0.25) is 0 Å². The molecule has 3 aromatic rings. The Bertz CT molecular complexity index is 905. The van der Waals surface area contributed by atoms with Crippen LogP contribution in [0, 0.1) is 5.82 Å². The van der Waals surface area contributed by atoms with Crippen LogP contribution in [-0.2, 0) is 13.6 Å². The Morgan fingerprint density at radius 3 is 3.04 bits per heavy atom. The van der Waals surface area contributed by atoms with Crippen LogP contribution >= 0.6 is 0 Å². The van der Waals surface area contributed by atoms with Gasteiger partial charge in [-0.05, 0) is 19.2 Å². The molecule has 0 aliphatic rings. The van der Waals surface area contributed by atoms with Gasteiger partial charge in [0.15, 0.2) is 5.65 Å². The molecule has 0 amide bonds. The number of aryl methyl sites for hydroxylation is 1. The number of nitrogens with one attached hydrogen (secondary N) is 1. The molecule has 0 fully saturated rings. The van der Waals surface area contributed by atoms with Gasteiger partial charge in [-0.3, -0.25) is 14.4 Å². The fraction of sp³-hybridized carbons (Fsp3) is 0.312. The third-order valence-electron chi connectivity index (χ3n) is 3.61. The minimum atomic E-state index is -0.327. The van der Waals surface area contributed by atoms with Crippen molar-refractivity contribution in [1.29, 1.82) is 0 Å². The molecule has 0 unspecified atom stereocenters. The van der Waals surface area contributed by atoms with Crippen molar-refractivity contribution in [2.24, 2.45) is 7.05 Å². The first-order valence-electron chi connectivity index (χ1n) is 7.51. The topological polar surface area (TPSA) is 76.0 Å². The van der Waals surface area contributed by atoms with E-state index < -0.39 is 0 Å². The van der Waals surface area contributed by atoms with E-state index in [1.165, 1.54) is 18.3 Å². The maximum Gasteiger partial charge on any atom is 0.262 e. The molecule has 2 heterocycles. The Morgan fingerprint density at radius 2 is 2.25 bits per heavy atom. The lowest BCUT2D eigenvalue weighted by atomic mass is 10.3. The van der Waals surface area contributed by atoms with Gasteiger partial charge >= 0.3 is 0 Å². The van der Waals surface area contributed by atoms with Crippen molar-refractivity contribution in [3.8, 4) is 5.75 Å². The fourth-order valence-electron chi connectivity index (χ4n) is 2.36. The van der Waals surface area contributed by atoms with Gasteiger partial charge in [0.2, 0.25) is 0 Å². The first kappa shape index (κ1) is 16.1. The van der Waals surface area contributed by atoms with Crippen molar-refractivity contribution >= 4 is 11.0 Å². The zero-order valence-electron chi connectivity index (χ0n) is 13.5. The average Bonchev–Trinajstić information content (AvgIpc) is 2.89. The predicted octanol–water partition coefficient (Wildman–Crippen LogP) is 1.31. The molecule has 0 radical (unpaired) electrons. The third-order valence-corrected chi connectivity index (χ3v) is 3.61. The number of hydrogen-bond donors (Lipinski definition) is 1. The maximum absolute atomic E-state index is 13.1. The van der Waals surface area contributed by atoms with Crippen LogP contribution < -0.4 is 10.3 Å². The van der Waals surface area contributed by atoms with Gasteiger partial charge in [0.25, 0.3) is 5.56 Å². The lowest BCUT2D eigenvalue weighted by Gasteiger charge is -2.16. The summed E-state index contributed by atoms with van der Waals surface area (Å²) in [6.45, 7) is 1.46. The van der Waals surface area contributed by atoms with Crippen LogP contribution in [0.5, 0.6) is 5.75 Å². The molecule has 1 aromatic carbocycles. The zero-order valence-corrected chi connectivity index (χ0v) is 13.5. The molecule has 0 aliphatic carbocycles. The summed E-state index contributed by atoms with van der Waals surface area (Å²) in [5.41, 5.74) is 0.352. The van der Waals surface area contributed by atoms with Crippen LogP contribution in [0.3, 0.4) is 0 Å². The number of benzene rings is 1. The Labute approximate surface area is 137 Å². The first-order valence-corrected chi connectivity index (χ1v) is 7.51. The van der Waals surface area contributed by atoms with Gasteiger partial charge < -0.3 is 9.72 Å². The number of ether oxygens (including phenoxy) is 1. The number of rotatable bonds is 6. The van der Waals surface area contributed by atoms with Gasteiger partial charge in [0.1, 0.15) is 29.4 Å². The zero-order chi connectivity index (χ0) is 17.1. The van der Waals surface area contributed by atoms with Gasteiger partial charge in [0, 0.05) is 19.7 Å². The van der Waals surface area contributed by atoms with E-state index in [9.17, 15) is 9.18 Å². The molecular formula is C16H18FN5O2. The fourth-order valence-corrected chi connectivity index (χ4v) is 2.36. The molecule has 2 aromatic heterocycles. The average molecular weight is 331 g/mol. The van der Waals surface area contributed by atoms with Gasteiger partial charge in [-0.25, -0.2) is 9.37 Å². The highest BCUT2D eigenvalue weighted by Crippen LogP contribution is 2.11. The molecule has 0 saturated carbocycles. The van der Waals surface area contributed by atoms with Crippen molar-refractivity contribution in [1.82, 2.24) is 24.6 Å². The molecule has 3 rings (SSSR count). The normalized spacial score (nSPS) is 11.3. The molecule has 0 atom stereocenters. The predicted molar refractivity (Wildman–Crippen MR) is 87.4 cm³/mol. The lowest BCUT2D eigenvalue weighted by Crippen LogP contribution is -2.26. The van der Waals surface area contributed by atoms with E-state index in [0.29, 0.717) is 42.3 Å². The van der Waals surface area contributed by atoms with Crippen molar-refractivity contribution in [3.05, 3.63) is 52.5 Å².